The summed E-state index contributed by atoms with van der Waals surface area (Å²) in [6.45, 7) is 8.26. The van der Waals surface area contributed by atoms with Gasteiger partial charge in [-0.1, -0.05) is 51.8 Å². The van der Waals surface area contributed by atoms with Gasteiger partial charge in [0.1, 0.15) is 6.04 Å². The molecule has 2 amide bonds. The number of hydrogen-bond donors (Lipinski definition) is 2. The van der Waals surface area contributed by atoms with Gasteiger partial charge in [-0.15, -0.1) is 0 Å². The molecule has 0 spiro atoms. The van der Waals surface area contributed by atoms with Crippen LogP contribution in [0, 0.1) is 18.8 Å². The first kappa shape index (κ1) is 19.5. The second-order valence-corrected chi connectivity index (χ2v) is 7.85. The molecule has 1 aliphatic rings. The summed E-state index contributed by atoms with van der Waals surface area (Å²) >= 11 is 0. The molecule has 0 aliphatic heterocycles. The highest BCUT2D eigenvalue weighted by atomic mass is 16.2. The summed E-state index contributed by atoms with van der Waals surface area (Å²) in [5, 5.41) is 6.15. The molecule has 3 unspecified atom stereocenters. The van der Waals surface area contributed by atoms with Crippen molar-refractivity contribution in [3.63, 3.8) is 0 Å². The van der Waals surface area contributed by atoms with Gasteiger partial charge < -0.3 is 10.6 Å². The lowest BCUT2D eigenvalue weighted by molar-refractivity contribution is -0.124. The molecule has 2 rings (SSSR count). The molecule has 138 valence electrons. The second kappa shape index (κ2) is 9.02. The Balaban J connectivity index is 2.05. The van der Waals surface area contributed by atoms with E-state index in [2.05, 4.69) is 31.4 Å². The quantitative estimate of drug-likeness (QED) is 0.824. The Hall–Kier alpha value is -1.84. The Kier molecular flexibility index (Phi) is 7.03. The standard InChI is InChI=1S/C21H32N2O2/c1-14(2)13-19(21(25)22-18-12-8-6-10-16(18)4)23-20(24)17-11-7-5-9-15(17)3/h5,7,9,11,14,16,18-19H,6,8,10,12-13H2,1-4H3,(H,22,25)(H,23,24). The average molecular weight is 344 g/mol. The van der Waals surface area contributed by atoms with Crippen molar-refractivity contribution in [3.8, 4) is 0 Å². The molecule has 4 heteroatoms. The van der Waals surface area contributed by atoms with Gasteiger partial charge in [0.15, 0.2) is 0 Å². The van der Waals surface area contributed by atoms with E-state index in [1.807, 2.05) is 25.1 Å². The van der Waals surface area contributed by atoms with Crippen LogP contribution in [0.15, 0.2) is 24.3 Å². The highest BCUT2D eigenvalue weighted by molar-refractivity contribution is 5.98. The zero-order valence-corrected chi connectivity index (χ0v) is 16.0. The van der Waals surface area contributed by atoms with Crippen LogP contribution >= 0.6 is 0 Å². The predicted molar refractivity (Wildman–Crippen MR) is 101 cm³/mol. The van der Waals surface area contributed by atoms with Crippen molar-refractivity contribution in [2.75, 3.05) is 0 Å². The van der Waals surface area contributed by atoms with Gasteiger partial charge in [-0.05, 0) is 49.7 Å². The minimum Gasteiger partial charge on any atom is -0.351 e. The maximum Gasteiger partial charge on any atom is 0.252 e. The van der Waals surface area contributed by atoms with Gasteiger partial charge in [0.25, 0.3) is 5.91 Å². The van der Waals surface area contributed by atoms with Gasteiger partial charge >= 0.3 is 0 Å². The molecule has 0 aromatic heterocycles. The van der Waals surface area contributed by atoms with Gasteiger partial charge in [-0.2, -0.15) is 0 Å². The molecule has 2 N–H and O–H groups in total. The topological polar surface area (TPSA) is 58.2 Å². The van der Waals surface area contributed by atoms with Crippen molar-refractivity contribution >= 4 is 11.8 Å². The molecular weight excluding hydrogens is 312 g/mol. The fourth-order valence-electron chi connectivity index (χ4n) is 3.58. The first-order chi connectivity index (χ1) is 11.9. The number of benzene rings is 1. The molecule has 25 heavy (non-hydrogen) atoms. The Morgan fingerprint density at radius 3 is 2.48 bits per heavy atom. The maximum atomic E-state index is 12.8. The highest BCUT2D eigenvalue weighted by Gasteiger charge is 2.28. The van der Waals surface area contributed by atoms with Crippen LogP contribution in [0.1, 0.15) is 68.8 Å². The van der Waals surface area contributed by atoms with Crippen LogP contribution < -0.4 is 10.6 Å². The molecule has 1 aliphatic carbocycles. The maximum absolute atomic E-state index is 12.8. The SMILES string of the molecule is Cc1ccccc1C(=O)NC(CC(C)C)C(=O)NC1CCCCC1C. The lowest BCUT2D eigenvalue weighted by Gasteiger charge is -2.31. The van der Waals surface area contributed by atoms with E-state index in [1.54, 1.807) is 6.07 Å². The molecule has 1 aromatic carbocycles. The van der Waals surface area contributed by atoms with E-state index in [9.17, 15) is 9.59 Å². The Labute approximate surface area is 151 Å². The molecule has 1 saturated carbocycles. The number of amides is 2. The van der Waals surface area contributed by atoms with Gasteiger partial charge in [-0.3, -0.25) is 9.59 Å². The molecule has 0 saturated heterocycles. The predicted octanol–water partition coefficient (Wildman–Crippen LogP) is 3.83. The van der Waals surface area contributed by atoms with Gasteiger partial charge in [-0.25, -0.2) is 0 Å². The minimum atomic E-state index is -0.485. The van der Waals surface area contributed by atoms with Crippen LogP contribution in [0.4, 0.5) is 0 Å². The zero-order chi connectivity index (χ0) is 18.4. The Morgan fingerprint density at radius 1 is 1.16 bits per heavy atom. The average Bonchev–Trinajstić information content (AvgIpc) is 2.56. The van der Waals surface area contributed by atoms with Crippen LogP contribution in [0.3, 0.4) is 0 Å². The number of carbonyl (C=O) groups is 2. The largest absolute Gasteiger partial charge is 0.351 e. The second-order valence-electron chi connectivity index (χ2n) is 7.85. The smallest absolute Gasteiger partial charge is 0.252 e. The van der Waals surface area contributed by atoms with E-state index in [0.717, 1.165) is 18.4 Å². The zero-order valence-electron chi connectivity index (χ0n) is 16.0. The number of aryl methyl sites for hydroxylation is 1. The summed E-state index contributed by atoms with van der Waals surface area (Å²) in [6.07, 6.45) is 5.25. The molecule has 3 atom stereocenters. The Morgan fingerprint density at radius 2 is 1.84 bits per heavy atom. The van der Waals surface area contributed by atoms with Crippen molar-refractivity contribution < 1.29 is 9.59 Å². The summed E-state index contributed by atoms with van der Waals surface area (Å²) in [7, 11) is 0. The van der Waals surface area contributed by atoms with E-state index < -0.39 is 6.04 Å². The van der Waals surface area contributed by atoms with E-state index in [-0.39, 0.29) is 17.9 Å². The summed E-state index contributed by atoms with van der Waals surface area (Å²) < 4.78 is 0. The first-order valence-corrected chi connectivity index (χ1v) is 9.55. The third-order valence-electron chi connectivity index (χ3n) is 5.16. The lowest BCUT2D eigenvalue weighted by atomic mass is 9.85. The molecule has 0 bridgehead atoms. The molecule has 1 fully saturated rings. The number of hydrogen-bond acceptors (Lipinski definition) is 2. The summed E-state index contributed by atoms with van der Waals surface area (Å²) in [4.78, 5) is 25.4. The van der Waals surface area contributed by atoms with Crippen LogP contribution in [0.25, 0.3) is 0 Å². The summed E-state index contributed by atoms with van der Waals surface area (Å²) in [6, 6.07) is 7.22. The van der Waals surface area contributed by atoms with E-state index >= 15 is 0 Å². The van der Waals surface area contributed by atoms with Crippen molar-refractivity contribution in [1.82, 2.24) is 10.6 Å². The van der Waals surface area contributed by atoms with E-state index in [4.69, 9.17) is 0 Å². The summed E-state index contributed by atoms with van der Waals surface area (Å²) in [5.41, 5.74) is 1.56. The van der Waals surface area contributed by atoms with Crippen LogP contribution in [-0.2, 0) is 4.79 Å². The molecule has 0 radical (unpaired) electrons. The number of rotatable bonds is 6. The van der Waals surface area contributed by atoms with Gasteiger partial charge in [0.2, 0.25) is 5.91 Å². The van der Waals surface area contributed by atoms with E-state index in [1.165, 1.54) is 12.8 Å². The van der Waals surface area contributed by atoms with E-state index in [0.29, 0.717) is 23.8 Å². The third kappa shape index (κ3) is 5.58. The van der Waals surface area contributed by atoms with Crippen molar-refractivity contribution in [2.45, 2.75) is 71.9 Å². The first-order valence-electron chi connectivity index (χ1n) is 9.55. The molecule has 1 aromatic rings. The highest BCUT2D eigenvalue weighted by Crippen LogP contribution is 2.24. The van der Waals surface area contributed by atoms with Crippen molar-refractivity contribution in [2.24, 2.45) is 11.8 Å². The fourth-order valence-corrected chi connectivity index (χ4v) is 3.58. The van der Waals surface area contributed by atoms with Crippen LogP contribution in [-0.4, -0.2) is 23.9 Å². The van der Waals surface area contributed by atoms with Crippen LogP contribution in [0.5, 0.6) is 0 Å². The van der Waals surface area contributed by atoms with Gasteiger partial charge in [0, 0.05) is 11.6 Å². The van der Waals surface area contributed by atoms with Crippen molar-refractivity contribution in [1.29, 1.82) is 0 Å². The lowest BCUT2D eigenvalue weighted by Crippen LogP contribution is -2.52. The minimum absolute atomic E-state index is 0.0469. The molecule has 0 heterocycles. The number of carbonyl (C=O) groups excluding carboxylic acids is 2. The Bertz CT molecular complexity index is 597. The van der Waals surface area contributed by atoms with Crippen LogP contribution in [0.2, 0.25) is 0 Å². The molecule has 4 nitrogen and oxygen atoms in total. The normalized spacial score (nSPS) is 21.6. The number of nitrogens with one attached hydrogen (secondary N) is 2. The fraction of sp³-hybridized carbons (Fsp3) is 0.619. The van der Waals surface area contributed by atoms with Crippen molar-refractivity contribution in [3.05, 3.63) is 35.4 Å². The monoisotopic (exact) mass is 344 g/mol. The molecular formula is C21H32N2O2. The third-order valence-corrected chi connectivity index (χ3v) is 5.16. The van der Waals surface area contributed by atoms with Gasteiger partial charge in [0.05, 0.1) is 0 Å². The summed E-state index contributed by atoms with van der Waals surface area (Å²) in [5.74, 6) is 0.617.